The molecule has 4 aromatic heterocycles. The van der Waals surface area contributed by atoms with Gasteiger partial charge < -0.3 is 9.13 Å². The van der Waals surface area contributed by atoms with Crippen LogP contribution < -0.4 is 0 Å². The van der Waals surface area contributed by atoms with E-state index in [1.54, 1.807) is 0 Å². The average molecular weight is 669 g/mol. The summed E-state index contributed by atoms with van der Waals surface area (Å²) in [6, 6.07) is 48.8. The van der Waals surface area contributed by atoms with Crippen molar-refractivity contribution in [2.75, 3.05) is 0 Å². The zero-order valence-electron chi connectivity index (χ0n) is 28.9. The van der Waals surface area contributed by atoms with Crippen LogP contribution in [0.1, 0.15) is 46.4 Å². The molecule has 10 rings (SSSR count). The highest BCUT2D eigenvalue weighted by molar-refractivity contribution is 6.08. The number of para-hydroxylation sites is 1. The molecule has 248 valence electrons. The quantitative estimate of drug-likeness (QED) is 0.169. The Balaban J connectivity index is 0.819. The van der Waals surface area contributed by atoms with Gasteiger partial charge in [-0.2, -0.15) is 0 Å². The number of rotatable bonds is 7. The van der Waals surface area contributed by atoms with E-state index in [0.29, 0.717) is 5.92 Å². The van der Waals surface area contributed by atoms with Crippen LogP contribution in [0, 0.1) is 0 Å². The number of benzene rings is 5. The summed E-state index contributed by atoms with van der Waals surface area (Å²) < 4.78 is 4.74. The lowest BCUT2D eigenvalue weighted by molar-refractivity contribution is 0.880. The summed E-state index contributed by atoms with van der Waals surface area (Å²) in [4.78, 5) is 8.78. The van der Waals surface area contributed by atoms with Gasteiger partial charge in [-0.1, -0.05) is 110 Å². The van der Waals surface area contributed by atoms with Crippen molar-refractivity contribution in [1.29, 1.82) is 0 Å². The second kappa shape index (κ2) is 12.4. The standard InChI is InChI=1S/C48H36N4/c1-32-6-23-42-44-31-50-27-25-47(44)52(48(32)42)40-21-13-36(14-22-40)29-34-9-17-38(18-10-34)37-15-7-33(8-16-37)28-35-11-19-39(20-12-35)51-45-5-3-2-4-41(45)43-30-49-26-24-46(43)51/h2-27,30-32H,28-29H2,1H3. The molecule has 0 fully saturated rings. The Labute approximate surface area is 303 Å². The molecule has 0 bridgehead atoms. The second-order valence-corrected chi connectivity index (χ2v) is 14.0. The fraction of sp³-hybridized carbons (Fsp3) is 0.0833. The van der Waals surface area contributed by atoms with Crippen LogP contribution in [0.15, 0.2) is 164 Å². The third kappa shape index (κ3) is 5.15. The van der Waals surface area contributed by atoms with Crippen LogP contribution >= 0.6 is 0 Å². The highest BCUT2D eigenvalue weighted by atomic mass is 15.0. The van der Waals surface area contributed by atoms with Crippen molar-refractivity contribution in [3.05, 3.63) is 198 Å². The van der Waals surface area contributed by atoms with Gasteiger partial charge in [0.25, 0.3) is 0 Å². The normalized spacial score (nSPS) is 13.8. The minimum Gasteiger partial charge on any atom is -0.312 e. The molecule has 4 nitrogen and oxygen atoms in total. The van der Waals surface area contributed by atoms with Crippen molar-refractivity contribution < 1.29 is 0 Å². The van der Waals surface area contributed by atoms with E-state index in [1.165, 1.54) is 83.0 Å². The van der Waals surface area contributed by atoms with Gasteiger partial charge in [0.05, 0.1) is 16.6 Å². The maximum absolute atomic E-state index is 4.40. The van der Waals surface area contributed by atoms with E-state index < -0.39 is 0 Å². The molecule has 1 aliphatic carbocycles. The predicted octanol–water partition coefficient (Wildman–Crippen LogP) is 11.5. The largest absolute Gasteiger partial charge is 0.312 e. The molecule has 0 aliphatic heterocycles. The van der Waals surface area contributed by atoms with Gasteiger partial charge in [-0.05, 0) is 88.7 Å². The Bertz CT molecular complexity index is 2710. The number of hydrogen-bond acceptors (Lipinski definition) is 2. The number of aromatic nitrogens is 4. The highest BCUT2D eigenvalue weighted by Gasteiger charge is 2.24. The van der Waals surface area contributed by atoms with Gasteiger partial charge in [-0.15, -0.1) is 0 Å². The molecule has 1 atom stereocenters. The molecular weight excluding hydrogens is 633 g/mol. The fourth-order valence-electron chi connectivity index (χ4n) is 8.13. The predicted molar refractivity (Wildman–Crippen MR) is 215 cm³/mol. The summed E-state index contributed by atoms with van der Waals surface area (Å²) in [5.74, 6) is 0.381. The van der Waals surface area contributed by atoms with Crippen molar-refractivity contribution >= 4 is 38.8 Å². The Morgan fingerprint density at radius 1 is 0.481 bits per heavy atom. The van der Waals surface area contributed by atoms with Crippen molar-refractivity contribution in [2.45, 2.75) is 25.7 Å². The lowest BCUT2D eigenvalue weighted by atomic mass is 9.98. The third-order valence-corrected chi connectivity index (χ3v) is 10.7. The van der Waals surface area contributed by atoms with Crippen LogP contribution in [-0.2, 0) is 12.8 Å². The zero-order valence-corrected chi connectivity index (χ0v) is 28.9. The number of fused-ring (bicyclic) bond motifs is 6. The van der Waals surface area contributed by atoms with Crippen LogP contribution in [0.4, 0.5) is 0 Å². The molecule has 4 heterocycles. The van der Waals surface area contributed by atoms with Crippen molar-refractivity contribution in [1.82, 2.24) is 19.1 Å². The number of pyridine rings is 2. The molecule has 5 aromatic carbocycles. The van der Waals surface area contributed by atoms with E-state index in [1.807, 2.05) is 24.8 Å². The average Bonchev–Trinajstić information content (AvgIpc) is 3.85. The molecule has 1 unspecified atom stereocenters. The summed E-state index contributed by atoms with van der Waals surface area (Å²) >= 11 is 0. The molecule has 0 saturated carbocycles. The Hall–Kier alpha value is -6.52. The first-order chi connectivity index (χ1) is 25.7. The molecule has 1 aliphatic rings. The van der Waals surface area contributed by atoms with Crippen LogP contribution in [0.3, 0.4) is 0 Å². The molecule has 0 saturated heterocycles. The smallest absolute Gasteiger partial charge is 0.0571 e. The summed E-state index contributed by atoms with van der Waals surface area (Å²) in [7, 11) is 0. The number of hydrogen-bond donors (Lipinski definition) is 0. The van der Waals surface area contributed by atoms with E-state index in [4.69, 9.17) is 0 Å². The first kappa shape index (κ1) is 30.3. The van der Waals surface area contributed by atoms with Crippen LogP contribution in [0.5, 0.6) is 0 Å². The summed E-state index contributed by atoms with van der Waals surface area (Å²) in [5, 5.41) is 3.63. The van der Waals surface area contributed by atoms with Crippen molar-refractivity contribution in [2.24, 2.45) is 0 Å². The summed E-state index contributed by atoms with van der Waals surface area (Å²) in [6.07, 6.45) is 14.0. The molecule has 4 heteroatoms. The topological polar surface area (TPSA) is 35.6 Å². The van der Waals surface area contributed by atoms with Crippen molar-refractivity contribution in [3.8, 4) is 22.5 Å². The van der Waals surface area contributed by atoms with Crippen molar-refractivity contribution in [3.63, 3.8) is 0 Å². The molecule has 0 N–H and O–H groups in total. The van der Waals surface area contributed by atoms with Gasteiger partial charge in [0.15, 0.2) is 0 Å². The third-order valence-electron chi connectivity index (χ3n) is 10.7. The minimum atomic E-state index is 0.381. The molecule has 0 spiro atoms. The lowest BCUT2D eigenvalue weighted by Crippen LogP contribution is -2.02. The summed E-state index contributed by atoms with van der Waals surface area (Å²) in [5.41, 5.74) is 16.3. The van der Waals surface area contributed by atoms with Crippen LogP contribution in [-0.4, -0.2) is 19.1 Å². The number of nitrogens with zero attached hydrogens (tertiary/aromatic N) is 4. The maximum Gasteiger partial charge on any atom is 0.0571 e. The highest BCUT2D eigenvalue weighted by Crippen LogP contribution is 2.39. The van der Waals surface area contributed by atoms with Gasteiger partial charge in [-0.3, -0.25) is 9.97 Å². The van der Waals surface area contributed by atoms with E-state index in [-0.39, 0.29) is 0 Å². The van der Waals surface area contributed by atoms with E-state index in [9.17, 15) is 0 Å². The first-order valence-electron chi connectivity index (χ1n) is 18.0. The van der Waals surface area contributed by atoms with Gasteiger partial charge >= 0.3 is 0 Å². The second-order valence-electron chi connectivity index (χ2n) is 14.0. The van der Waals surface area contributed by atoms with E-state index in [2.05, 4.69) is 172 Å². The van der Waals surface area contributed by atoms with Crippen LogP contribution in [0.25, 0.3) is 61.3 Å². The number of allylic oxidation sites excluding steroid dienone is 1. The lowest BCUT2D eigenvalue weighted by Gasteiger charge is -2.14. The van der Waals surface area contributed by atoms with Gasteiger partial charge in [-0.25, -0.2) is 0 Å². The molecule has 9 aromatic rings. The molecule has 0 radical (unpaired) electrons. The minimum absolute atomic E-state index is 0.381. The van der Waals surface area contributed by atoms with Crippen LogP contribution in [0.2, 0.25) is 0 Å². The van der Waals surface area contributed by atoms with E-state index >= 15 is 0 Å². The molecule has 52 heavy (non-hydrogen) atoms. The SMILES string of the molecule is CC1C=Cc2c1n(-c1ccc(Cc3ccc(-c4ccc(Cc5ccc(-n6c7ccccc7c7cnccc76)cc5)cc4)cc3)cc1)c1ccncc21. The van der Waals surface area contributed by atoms with Gasteiger partial charge in [0, 0.05) is 69.5 Å². The summed E-state index contributed by atoms with van der Waals surface area (Å²) in [6.45, 7) is 2.27. The maximum atomic E-state index is 4.40. The molecule has 0 amide bonds. The monoisotopic (exact) mass is 668 g/mol. The Morgan fingerprint density at radius 2 is 0.962 bits per heavy atom. The first-order valence-corrected chi connectivity index (χ1v) is 18.0. The van der Waals surface area contributed by atoms with Gasteiger partial charge in [0.1, 0.15) is 0 Å². The Morgan fingerprint density at radius 3 is 1.56 bits per heavy atom. The van der Waals surface area contributed by atoms with Gasteiger partial charge in [0.2, 0.25) is 0 Å². The van der Waals surface area contributed by atoms with E-state index in [0.717, 1.165) is 18.5 Å². The fourth-order valence-corrected chi connectivity index (χ4v) is 8.13. The zero-order chi connectivity index (χ0) is 34.6. The Kier molecular flexibility index (Phi) is 7.21. The molecular formula is C48H36N4.